The van der Waals surface area contributed by atoms with Crippen LogP contribution in [0.4, 0.5) is 5.13 Å². The minimum Gasteiger partial charge on any atom is -0.466 e. The molecule has 0 saturated heterocycles. The largest absolute Gasteiger partial charge is 0.466 e. The summed E-state index contributed by atoms with van der Waals surface area (Å²) in [5, 5.41) is 5.76. The van der Waals surface area contributed by atoms with Gasteiger partial charge in [0.2, 0.25) is 0 Å². The van der Waals surface area contributed by atoms with E-state index in [4.69, 9.17) is 4.74 Å². The first-order valence-corrected chi connectivity index (χ1v) is 7.16. The first-order chi connectivity index (χ1) is 9.67. The maximum Gasteiger partial charge on any atom is 0.311 e. The Kier molecular flexibility index (Phi) is 5.00. The molecule has 2 aromatic heterocycles. The smallest absolute Gasteiger partial charge is 0.311 e. The van der Waals surface area contributed by atoms with Gasteiger partial charge in [0.25, 0.3) is 0 Å². The molecule has 2 aromatic rings. The highest BCUT2D eigenvalue weighted by Gasteiger charge is 2.08. The van der Waals surface area contributed by atoms with Crippen molar-refractivity contribution < 1.29 is 9.53 Å². The number of hydrogen-bond donors (Lipinski definition) is 1. The minimum absolute atomic E-state index is 0.205. The molecular formula is C13H16N4O2S. The van der Waals surface area contributed by atoms with Gasteiger partial charge in [-0.1, -0.05) is 0 Å². The molecule has 0 bridgehead atoms. The van der Waals surface area contributed by atoms with Crippen molar-refractivity contribution in [2.24, 2.45) is 0 Å². The van der Waals surface area contributed by atoms with Gasteiger partial charge >= 0.3 is 5.97 Å². The molecule has 0 amide bonds. The number of thiazole rings is 1. The summed E-state index contributed by atoms with van der Waals surface area (Å²) in [5.74, 6) is -0.256. The highest BCUT2D eigenvalue weighted by atomic mass is 32.1. The lowest BCUT2D eigenvalue weighted by molar-refractivity contribution is -0.142. The summed E-state index contributed by atoms with van der Waals surface area (Å²) < 4.78 is 4.88. The van der Waals surface area contributed by atoms with Gasteiger partial charge in [-0.05, 0) is 13.8 Å². The summed E-state index contributed by atoms with van der Waals surface area (Å²) in [5.41, 5.74) is 2.45. The molecule has 7 heteroatoms. The average Bonchev–Trinajstić information content (AvgIpc) is 2.86. The zero-order chi connectivity index (χ0) is 14.4. The zero-order valence-corrected chi connectivity index (χ0v) is 12.2. The Labute approximate surface area is 121 Å². The number of rotatable bonds is 6. The van der Waals surface area contributed by atoms with Crippen LogP contribution < -0.4 is 5.32 Å². The third-order valence-corrected chi connectivity index (χ3v) is 3.29. The van der Waals surface area contributed by atoms with Gasteiger partial charge < -0.3 is 10.1 Å². The highest BCUT2D eigenvalue weighted by molar-refractivity contribution is 7.13. The van der Waals surface area contributed by atoms with Crippen LogP contribution in [0.3, 0.4) is 0 Å². The van der Waals surface area contributed by atoms with Crippen LogP contribution >= 0.6 is 11.3 Å². The number of carbonyl (C=O) groups excluding carboxylic acids is 1. The van der Waals surface area contributed by atoms with Crippen LogP contribution in [-0.2, 0) is 22.5 Å². The lowest BCUT2D eigenvalue weighted by Crippen LogP contribution is -2.08. The van der Waals surface area contributed by atoms with Gasteiger partial charge in [-0.3, -0.25) is 14.8 Å². The Morgan fingerprint density at radius 2 is 2.20 bits per heavy atom. The molecule has 0 atom stereocenters. The van der Waals surface area contributed by atoms with Crippen molar-refractivity contribution in [2.75, 3.05) is 11.9 Å². The minimum atomic E-state index is -0.256. The summed E-state index contributed by atoms with van der Waals surface area (Å²) in [7, 11) is 0. The van der Waals surface area contributed by atoms with E-state index in [1.54, 1.807) is 19.3 Å². The molecule has 2 heterocycles. The van der Waals surface area contributed by atoms with E-state index in [1.165, 1.54) is 11.3 Å². The number of nitrogens with zero attached hydrogens (tertiary/aromatic N) is 3. The topological polar surface area (TPSA) is 77.0 Å². The molecule has 0 aliphatic heterocycles. The molecule has 0 aliphatic rings. The van der Waals surface area contributed by atoms with Gasteiger partial charge in [-0.25, -0.2) is 4.98 Å². The van der Waals surface area contributed by atoms with E-state index < -0.39 is 0 Å². The molecular weight excluding hydrogens is 276 g/mol. The Morgan fingerprint density at radius 3 is 2.90 bits per heavy atom. The number of carbonyl (C=O) groups is 1. The summed E-state index contributed by atoms with van der Waals surface area (Å²) in [6.07, 6.45) is 3.66. The number of aryl methyl sites for hydroxylation is 1. The summed E-state index contributed by atoms with van der Waals surface area (Å²) >= 11 is 1.45. The molecule has 2 rings (SSSR count). The number of nitrogens with one attached hydrogen (secondary N) is 1. The average molecular weight is 292 g/mol. The number of hydrogen-bond acceptors (Lipinski definition) is 7. The standard InChI is InChI=1S/C13H16N4O2S/c1-3-19-12(18)4-10-8-20-13(17-10)16-7-11-6-14-9(2)5-15-11/h5-6,8H,3-4,7H2,1-2H3,(H,16,17). The molecule has 106 valence electrons. The van der Waals surface area contributed by atoms with Gasteiger partial charge in [0.05, 0.1) is 42.9 Å². The second-order valence-corrected chi connectivity index (χ2v) is 4.99. The normalized spacial score (nSPS) is 10.3. The second kappa shape index (κ2) is 6.95. The molecule has 0 unspecified atom stereocenters. The molecule has 0 aliphatic carbocycles. The van der Waals surface area contributed by atoms with E-state index in [1.807, 2.05) is 12.3 Å². The molecule has 0 radical (unpaired) electrons. The fourth-order valence-corrected chi connectivity index (χ4v) is 2.22. The Bertz CT molecular complexity index is 568. The quantitative estimate of drug-likeness (QED) is 0.820. The predicted molar refractivity (Wildman–Crippen MR) is 76.5 cm³/mol. The lowest BCUT2D eigenvalue weighted by atomic mass is 10.3. The van der Waals surface area contributed by atoms with Crippen molar-refractivity contribution in [1.29, 1.82) is 0 Å². The van der Waals surface area contributed by atoms with Crippen LogP contribution in [0, 0.1) is 6.92 Å². The van der Waals surface area contributed by atoms with Gasteiger partial charge in [-0.15, -0.1) is 11.3 Å². The van der Waals surface area contributed by atoms with E-state index in [-0.39, 0.29) is 12.4 Å². The van der Waals surface area contributed by atoms with E-state index >= 15 is 0 Å². The first kappa shape index (κ1) is 14.4. The summed E-state index contributed by atoms with van der Waals surface area (Å²) in [4.78, 5) is 24.1. The van der Waals surface area contributed by atoms with Crippen LogP contribution in [-0.4, -0.2) is 27.5 Å². The van der Waals surface area contributed by atoms with Crippen molar-refractivity contribution >= 4 is 22.4 Å². The Hall–Kier alpha value is -2.02. The fraction of sp³-hybridized carbons (Fsp3) is 0.385. The molecule has 0 fully saturated rings. The van der Waals surface area contributed by atoms with Crippen LogP contribution in [0.2, 0.25) is 0 Å². The molecule has 0 saturated carbocycles. The number of ether oxygens (including phenoxy) is 1. The van der Waals surface area contributed by atoms with Crippen LogP contribution in [0.5, 0.6) is 0 Å². The maximum atomic E-state index is 11.3. The first-order valence-electron chi connectivity index (χ1n) is 6.28. The molecule has 0 aromatic carbocycles. The number of aromatic nitrogens is 3. The third-order valence-electron chi connectivity index (χ3n) is 2.44. The zero-order valence-electron chi connectivity index (χ0n) is 11.4. The van der Waals surface area contributed by atoms with Crippen molar-refractivity contribution in [3.63, 3.8) is 0 Å². The van der Waals surface area contributed by atoms with Gasteiger partial charge in [0, 0.05) is 11.6 Å². The molecule has 1 N–H and O–H groups in total. The second-order valence-electron chi connectivity index (χ2n) is 4.13. The van der Waals surface area contributed by atoms with E-state index in [9.17, 15) is 4.79 Å². The highest BCUT2D eigenvalue weighted by Crippen LogP contribution is 2.16. The number of anilines is 1. The Balaban J connectivity index is 1.86. The maximum absolute atomic E-state index is 11.3. The monoisotopic (exact) mass is 292 g/mol. The van der Waals surface area contributed by atoms with Crippen molar-refractivity contribution in [3.05, 3.63) is 34.9 Å². The third kappa shape index (κ3) is 4.27. The van der Waals surface area contributed by atoms with Crippen LogP contribution in [0.25, 0.3) is 0 Å². The SMILES string of the molecule is CCOC(=O)Cc1csc(NCc2cnc(C)cn2)n1. The van der Waals surface area contributed by atoms with E-state index in [0.29, 0.717) is 18.8 Å². The van der Waals surface area contributed by atoms with E-state index in [2.05, 4.69) is 20.3 Å². The van der Waals surface area contributed by atoms with Crippen molar-refractivity contribution in [2.45, 2.75) is 26.8 Å². The van der Waals surface area contributed by atoms with Crippen LogP contribution in [0.15, 0.2) is 17.8 Å². The number of esters is 1. The summed E-state index contributed by atoms with van der Waals surface area (Å²) in [6, 6.07) is 0. The van der Waals surface area contributed by atoms with Gasteiger partial charge in [0.1, 0.15) is 0 Å². The molecule has 20 heavy (non-hydrogen) atoms. The van der Waals surface area contributed by atoms with Crippen LogP contribution in [0.1, 0.15) is 24.0 Å². The van der Waals surface area contributed by atoms with Crippen molar-refractivity contribution in [1.82, 2.24) is 15.0 Å². The predicted octanol–water partition coefficient (Wildman–Crippen LogP) is 1.96. The van der Waals surface area contributed by atoms with Gasteiger partial charge in [0.15, 0.2) is 5.13 Å². The lowest BCUT2D eigenvalue weighted by Gasteiger charge is -2.02. The van der Waals surface area contributed by atoms with Crippen molar-refractivity contribution in [3.8, 4) is 0 Å². The fourth-order valence-electron chi connectivity index (χ4n) is 1.51. The molecule has 6 nitrogen and oxygen atoms in total. The summed E-state index contributed by atoms with van der Waals surface area (Å²) in [6.45, 7) is 4.63. The Morgan fingerprint density at radius 1 is 1.35 bits per heavy atom. The molecule has 0 spiro atoms. The van der Waals surface area contributed by atoms with E-state index in [0.717, 1.165) is 16.5 Å². The van der Waals surface area contributed by atoms with Gasteiger partial charge in [-0.2, -0.15) is 0 Å².